The highest BCUT2D eigenvalue weighted by Crippen LogP contribution is 2.18. The minimum atomic E-state index is 0.357. The molecule has 0 saturated heterocycles. The van der Waals surface area contributed by atoms with E-state index in [1.165, 1.54) is 5.56 Å². The lowest BCUT2D eigenvalue weighted by Gasteiger charge is -2.20. The lowest BCUT2D eigenvalue weighted by atomic mass is 10.1. The molecule has 3 heteroatoms. The van der Waals surface area contributed by atoms with E-state index in [-0.39, 0.29) is 0 Å². The van der Waals surface area contributed by atoms with Crippen molar-refractivity contribution in [2.75, 3.05) is 33.3 Å². The van der Waals surface area contributed by atoms with Gasteiger partial charge in [-0.05, 0) is 37.7 Å². The van der Waals surface area contributed by atoms with Crippen LogP contribution >= 0.6 is 0 Å². The summed E-state index contributed by atoms with van der Waals surface area (Å²) in [6.45, 7) is 10.9. The Kier molecular flexibility index (Phi) is 6.76. The van der Waals surface area contributed by atoms with E-state index in [0.717, 1.165) is 31.9 Å². The second kappa shape index (κ2) is 8.11. The highest BCUT2D eigenvalue weighted by atomic mass is 16.5. The van der Waals surface area contributed by atoms with E-state index in [9.17, 15) is 0 Å². The van der Waals surface area contributed by atoms with Gasteiger partial charge in [-0.1, -0.05) is 26.0 Å². The van der Waals surface area contributed by atoms with E-state index < -0.39 is 0 Å². The van der Waals surface area contributed by atoms with Crippen LogP contribution < -0.4 is 10.1 Å². The third kappa shape index (κ3) is 4.67. The summed E-state index contributed by atoms with van der Waals surface area (Å²) in [7, 11) is 1.71. The molecule has 0 aliphatic heterocycles. The van der Waals surface area contributed by atoms with Crippen molar-refractivity contribution in [3.8, 4) is 5.75 Å². The molecule has 0 saturated carbocycles. The average molecular weight is 250 g/mol. The molecule has 1 rings (SSSR count). The van der Waals surface area contributed by atoms with Crippen molar-refractivity contribution in [3.05, 3.63) is 29.8 Å². The van der Waals surface area contributed by atoms with Crippen LogP contribution in [0, 0.1) is 0 Å². The number of hydrogen-bond donors (Lipinski definition) is 1. The summed E-state index contributed by atoms with van der Waals surface area (Å²) in [6.07, 6.45) is 0. The van der Waals surface area contributed by atoms with E-state index in [2.05, 4.69) is 43.1 Å². The third-order valence-electron chi connectivity index (χ3n) is 3.37. The van der Waals surface area contributed by atoms with Crippen molar-refractivity contribution in [2.45, 2.75) is 26.8 Å². The fraction of sp³-hybridized carbons (Fsp3) is 0.600. The van der Waals surface area contributed by atoms with Crippen LogP contribution in [-0.4, -0.2) is 38.2 Å². The molecule has 0 heterocycles. The van der Waals surface area contributed by atoms with E-state index >= 15 is 0 Å². The maximum absolute atomic E-state index is 5.25. The molecule has 0 amide bonds. The van der Waals surface area contributed by atoms with Crippen LogP contribution in [0.4, 0.5) is 0 Å². The summed E-state index contributed by atoms with van der Waals surface area (Å²) in [4.78, 5) is 2.42. The summed E-state index contributed by atoms with van der Waals surface area (Å²) in [5.41, 5.74) is 1.27. The molecule has 3 nitrogen and oxygen atoms in total. The number of nitrogens with one attached hydrogen (secondary N) is 1. The zero-order chi connectivity index (χ0) is 13.4. The smallest absolute Gasteiger partial charge is 0.119 e. The molecule has 102 valence electrons. The monoisotopic (exact) mass is 250 g/mol. The van der Waals surface area contributed by atoms with Crippen molar-refractivity contribution in [1.82, 2.24) is 10.2 Å². The fourth-order valence-corrected chi connectivity index (χ4v) is 2.01. The van der Waals surface area contributed by atoms with Crippen molar-refractivity contribution in [2.24, 2.45) is 0 Å². The molecule has 0 aliphatic rings. The lowest BCUT2D eigenvalue weighted by molar-refractivity contribution is 0.298. The minimum Gasteiger partial charge on any atom is -0.497 e. The zero-order valence-electron chi connectivity index (χ0n) is 12.1. The molecule has 0 aliphatic carbocycles. The van der Waals surface area contributed by atoms with Crippen LogP contribution in [0.15, 0.2) is 24.3 Å². The SMILES string of the molecule is CCN(CC)CCNC(C)c1cccc(OC)c1. The fourth-order valence-electron chi connectivity index (χ4n) is 2.01. The molecule has 1 N–H and O–H groups in total. The Bertz CT molecular complexity index is 337. The van der Waals surface area contributed by atoms with Crippen LogP contribution in [0.1, 0.15) is 32.4 Å². The number of likely N-dealkylation sites (N-methyl/N-ethyl adjacent to an activating group) is 1. The molecule has 1 unspecified atom stereocenters. The molecular formula is C15H26N2O. The number of nitrogens with zero attached hydrogens (tertiary/aromatic N) is 1. The number of hydrogen-bond acceptors (Lipinski definition) is 3. The maximum Gasteiger partial charge on any atom is 0.119 e. The highest BCUT2D eigenvalue weighted by Gasteiger charge is 2.06. The van der Waals surface area contributed by atoms with Gasteiger partial charge in [0.05, 0.1) is 7.11 Å². The minimum absolute atomic E-state index is 0.357. The van der Waals surface area contributed by atoms with Crippen molar-refractivity contribution in [3.63, 3.8) is 0 Å². The van der Waals surface area contributed by atoms with E-state index in [1.807, 2.05) is 12.1 Å². The number of benzene rings is 1. The molecule has 0 spiro atoms. The molecule has 0 fully saturated rings. The first kappa shape index (κ1) is 15.0. The Balaban J connectivity index is 2.42. The van der Waals surface area contributed by atoms with Gasteiger partial charge in [0.15, 0.2) is 0 Å². The normalized spacial score (nSPS) is 12.7. The Hall–Kier alpha value is -1.06. The molecule has 1 atom stereocenters. The van der Waals surface area contributed by atoms with Gasteiger partial charge in [-0.2, -0.15) is 0 Å². The molecular weight excluding hydrogens is 224 g/mol. The standard InChI is InChI=1S/C15H26N2O/c1-5-17(6-2)11-10-16-13(3)14-8-7-9-15(12-14)18-4/h7-9,12-13,16H,5-6,10-11H2,1-4H3. The maximum atomic E-state index is 5.25. The molecule has 1 aromatic carbocycles. The Labute approximate surface area is 111 Å². The molecule has 0 bridgehead atoms. The summed E-state index contributed by atoms with van der Waals surface area (Å²) >= 11 is 0. The van der Waals surface area contributed by atoms with Gasteiger partial charge in [-0.3, -0.25) is 0 Å². The molecule has 18 heavy (non-hydrogen) atoms. The van der Waals surface area contributed by atoms with Gasteiger partial charge in [-0.15, -0.1) is 0 Å². The van der Waals surface area contributed by atoms with E-state index in [4.69, 9.17) is 4.74 Å². The van der Waals surface area contributed by atoms with Crippen LogP contribution in [0.2, 0.25) is 0 Å². The highest BCUT2D eigenvalue weighted by molar-refractivity contribution is 5.30. The van der Waals surface area contributed by atoms with Crippen LogP contribution in [0.5, 0.6) is 5.75 Å². The van der Waals surface area contributed by atoms with Crippen molar-refractivity contribution in [1.29, 1.82) is 0 Å². The Morgan fingerprint density at radius 3 is 2.61 bits per heavy atom. The van der Waals surface area contributed by atoms with Gasteiger partial charge in [0.25, 0.3) is 0 Å². The van der Waals surface area contributed by atoms with Crippen molar-refractivity contribution >= 4 is 0 Å². The van der Waals surface area contributed by atoms with Gasteiger partial charge in [0, 0.05) is 19.1 Å². The quantitative estimate of drug-likeness (QED) is 0.767. The predicted octanol–water partition coefficient (Wildman–Crippen LogP) is 2.69. The van der Waals surface area contributed by atoms with Gasteiger partial charge in [-0.25, -0.2) is 0 Å². The van der Waals surface area contributed by atoms with E-state index in [1.54, 1.807) is 7.11 Å². The second-order valence-electron chi connectivity index (χ2n) is 4.48. The molecule has 1 aromatic rings. The summed E-state index contributed by atoms with van der Waals surface area (Å²) < 4.78 is 5.25. The number of methoxy groups -OCH3 is 1. The Morgan fingerprint density at radius 2 is 2.00 bits per heavy atom. The zero-order valence-corrected chi connectivity index (χ0v) is 12.1. The van der Waals surface area contributed by atoms with Crippen LogP contribution in [0.25, 0.3) is 0 Å². The first-order valence-electron chi connectivity index (χ1n) is 6.80. The first-order chi connectivity index (χ1) is 8.71. The van der Waals surface area contributed by atoms with Gasteiger partial charge < -0.3 is 15.0 Å². The summed E-state index contributed by atoms with van der Waals surface area (Å²) in [5.74, 6) is 0.921. The van der Waals surface area contributed by atoms with Crippen molar-refractivity contribution < 1.29 is 4.74 Å². The topological polar surface area (TPSA) is 24.5 Å². The van der Waals surface area contributed by atoms with E-state index in [0.29, 0.717) is 6.04 Å². The van der Waals surface area contributed by atoms with Gasteiger partial charge >= 0.3 is 0 Å². The predicted molar refractivity (Wildman–Crippen MR) is 77.2 cm³/mol. The third-order valence-corrected chi connectivity index (χ3v) is 3.37. The first-order valence-corrected chi connectivity index (χ1v) is 6.80. The average Bonchev–Trinajstić information content (AvgIpc) is 2.43. The Morgan fingerprint density at radius 1 is 1.28 bits per heavy atom. The van der Waals surface area contributed by atoms with Crippen LogP contribution in [0.3, 0.4) is 0 Å². The van der Waals surface area contributed by atoms with Crippen LogP contribution in [-0.2, 0) is 0 Å². The summed E-state index contributed by atoms with van der Waals surface area (Å²) in [5, 5.41) is 3.55. The summed E-state index contributed by atoms with van der Waals surface area (Å²) in [6, 6.07) is 8.60. The van der Waals surface area contributed by atoms with Gasteiger partial charge in [0.2, 0.25) is 0 Å². The molecule has 0 aromatic heterocycles. The number of ether oxygens (including phenoxy) is 1. The second-order valence-corrected chi connectivity index (χ2v) is 4.48. The lowest BCUT2D eigenvalue weighted by Crippen LogP contribution is -2.33. The molecule has 0 radical (unpaired) electrons. The number of rotatable bonds is 8. The van der Waals surface area contributed by atoms with Gasteiger partial charge in [0.1, 0.15) is 5.75 Å². The largest absolute Gasteiger partial charge is 0.497 e.